The van der Waals surface area contributed by atoms with Crippen molar-refractivity contribution in [2.45, 2.75) is 42.9 Å². The molecule has 2 aliphatic rings. The molecule has 2 aromatic heterocycles. The Morgan fingerprint density at radius 1 is 1.07 bits per heavy atom. The summed E-state index contributed by atoms with van der Waals surface area (Å²) in [5.74, 6) is 1.65. The minimum Gasteiger partial charge on any atom is -0.339 e. The molecular formula is C18H20N6O2S. The topological polar surface area (TPSA) is 85.9 Å². The molecule has 0 spiro atoms. The van der Waals surface area contributed by atoms with Crippen molar-refractivity contribution in [1.82, 2.24) is 28.6 Å². The fraction of sp³-hybridized carbons (Fsp3) is 0.389. The molecule has 27 heavy (non-hydrogen) atoms. The van der Waals surface area contributed by atoms with Crippen molar-refractivity contribution >= 4 is 10.0 Å². The monoisotopic (exact) mass is 384 g/mol. The number of imidazole rings is 1. The average molecular weight is 384 g/mol. The van der Waals surface area contributed by atoms with Crippen LogP contribution in [0.2, 0.25) is 0 Å². The fourth-order valence-electron chi connectivity index (χ4n) is 4.22. The highest BCUT2D eigenvalue weighted by Gasteiger charge is 2.46. The van der Waals surface area contributed by atoms with Crippen LogP contribution in [-0.4, -0.2) is 49.1 Å². The molecule has 4 heterocycles. The van der Waals surface area contributed by atoms with Gasteiger partial charge in [-0.25, -0.2) is 13.4 Å². The van der Waals surface area contributed by atoms with E-state index in [1.54, 1.807) is 22.1 Å². The maximum atomic E-state index is 13.2. The van der Waals surface area contributed by atoms with Gasteiger partial charge < -0.3 is 9.13 Å². The van der Waals surface area contributed by atoms with Gasteiger partial charge in [-0.3, -0.25) is 0 Å². The summed E-state index contributed by atoms with van der Waals surface area (Å²) in [5.41, 5.74) is 0.994. The molecule has 2 aliphatic heterocycles. The predicted molar refractivity (Wildman–Crippen MR) is 98.2 cm³/mol. The molecule has 5 rings (SSSR count). The number of nitrogens with zero attached hydrogens (tertiary/aromatic N) is 6. The second-order valence-corrected chi connectivity index (χ2v) is 9.01. The van der Waals surface area contributed by atoms with Crippen molar-refractivity contribution in [3.05, 3.63) is 48.7 Å². The number of hydrogen-bond acceptors (Lipinski definition) is 5. The first-order chi connectivity index (χ1) is 13.0. The van der Waals surface area contributed by atoms with Gasteiger partial charge in [0.1, 0.15) is 5.82 Å². The summed E-state index contributed by atoms with van der Waals surface area (Å²) in [6.07, 6.45) is 5.33. The summed E-state index contributed by atoms with van der Waals surface area (Å²) in [5, 5.41) is 8.88. The molecule has 3 aromatic rings. The lowest BCUT2D eigenvalue weighted by Gasteiger charge is -2.26. The maximum absolute atomic E-state index is 13.2. The van der Waals surface area contributed by atoms with Crippen LogP contribution in [-0.2, 0) is 30.0 Å². The highest BCUT2D eigenvalue weighted by Crippen LogP contribution is 2.36. The van der Waals surface area contributed by atoms with Crippen molar-refractivity contribution in [1.29, 1.82) is 0 Å². The molecule has 1 aromatic carbocycles. The zero-order valence-electron chi connectivity index (χ0n) is 14.9. The standard InChI is InChI=1S/C18H20N6O2S/c1-22-11-17(19-12-22)27(25,26)24-14-7-8-15(24)10-23-16(9-14)20-21-18(23)13-5-3-2-4-6-13/h2-6,11-12,14-15H,7-10H2,1H3. The van der Waals surface area contributed by atoms with E-state index in [9.17, 15) is 8.42 Å². The van der Waals surface area contributed by atoms with Crippen LogP contribution in [0.4, 0.5) is 0 Å². The van der Waals surface area contributed by atoms with Crippen molar-refractivity contribution in [3.63, 3.8) is 0 Å². The molecule has 1 saturated heterocycles. The first-order valence-corrected chi connectivity index (χ1v) is 10.5. The largest absolute Gasteiger partial charge is 0.339 e. The summed E-state index contributed by atoms with van der Waals surface area (Å²) in [4.78, 5) is 4.09. The number of aryl methyl sites for hydroxylation is 1. The molecule has 0 N–H and O–H groups in total. The minimum absolute atomic E-state index is 0.101. The number of sulfonamides is 1. The highest BCUT2D eigenvalue weighted by molar-refractivity contribution is 7.89. The van der Waals surface area contributed by atoms with Gasteiger partial charge in [0.15, 0.2) is 10.9 Å². The first kappa shape index (κ1) is 16.6. The summed E-state index contributed by atoms with van der Waals surface area (Å²) in [7, 11) is -1.86. The minimum atomic E-state index is -3.63. The van der Waals surface area contributed by atoms with Gasteiger partial charge in [-0.1, -0.05) is 30.3 Å². The van der Waals surface area contributed by atoms with Gasteiger partial charge >= 0.3 is 0 Å². The van der Waals surface area contributed by atoms with Gasteiger partial charge in [0.25, 0.3) is 10.0 Å². The van der Waals surface area contributed by atoms with E-state index in [2.05, 4.69) is 19.7 Å². The average Bonchev–Trinajstić information content (AvgIpc) is 3.33. The molecule has 2 unspecified atom stereocenters. The molecule has 2 bridgehead atoms. The van der Waals surface area contributed by atoms with Crippen molar-refractivity contribution in [2.75, 3.05) is 0 Å². The van der Waals surface area contributed by atoms with Gasteiger partial charge in [-0.15, -0.1) is 10.2 Å². The third kappa shape index (κ3) is 2.61. The van der Waals surface area contributed by atoms with E-state index in [0.717, 1.165) is 30.1 Å². The highest BCUT2D eigenvalue weighted by atomic mass is 32.2. The van der Waals surface area contributed by atoms with Crippen LogP contribution in [0.1, 0.15) is 18.7 Å². The molecule has 0 aliphatic carbocycles. The molecule has 9 heteroatoms. The molecule has 1 fully saturated rings. The van der Waals surface area contributed by atoms with E-state index in [1.807, 2.05) is 30.3 Å². The molecule has 2 atom stereocenters. The lowest BCUT2D eigenvalue weighted by atomic mass is 10.1. The zero-order valence-corrected chi connectivity index (χ0v) is 15.7. The molecule has 8 nitrogen and oxygen atoms in total. The van der Waals surface area contributed by atoms with Crippen molar-refractivity contribution < 1.29 is 8.42 Å². The predicted octanol–water partition coefficient (Wildman–Crippen LogP) is 1.46. The number of fused-ring (bicyclic) bond motifs is 3. The van der Waals surface area contributed by atoms with E-state index < -0.39 is 10.0 Å². The number of aromatic nitrogens is 5. The van der Waals surface area contributed by atoms with Gasteiger partial charge in [-0.05, 0) is 12.8 Å². The quantitative estimate of drug-likeness (QED) is 0.682. The SMILES string of the molecule is Cn1cnc(S(=O)(=O)N2C3CCC2Cn2c(nnc2-c2ccccc2)C3)c1. The molecule has 0 radical (unpaired) electrons. The van der Waals surface area contributed by atoms with E-state index in [0.29, 0.717) is 13.0 Å². The lowest BCUT2D eigenvalue weighted by Crippen LogP contribution is -2.42. The van der Waals surface area contributed by atoms with Crippen LogP contribution in [0, 0.1) is 0 Å². The Morgan fingerprint density at radius 2 is 1.85 bits per heavy atom. The Balaban J connectivity index is 1.54. The van der Waals surface area contributed by atoms with Crippen LogP contribution in [0.5, 0.6) is 0 Å². The lowest BCUT2D eigenvalue weighted by molar-refractivity contribution is 0.315. The van der Waals surface area contributed by atoms with E-state index in [-0.39, 0.29) is 17.1 Å². The van der Waals surface area contributed by atoms with Crippen LogP contribution >= 0.6 is 0 Å². The van der Waals surface area contributed by atoms with Crippen LogP contribution in [0.15, 0.2) is 47.9 Å². The molecular weight excluding hydrogens is 364 g/mol. The summed E-state index contributed by atoms with van der Waals surface area (Å²) in [6.45, 7) is 0.565. The van der Waals surface area contributed by atoms with Crippen molar-refractivity contribution in [3.8, 4) is 11.4 Å². The number of hydrogen-bond donors (Lipinski definition) is 0. The number of rotatable bonds is 3. The zero-order chi connectivity index (χ0) is 18.6. The second kappa shape index (κ2) is 6.00. The fourth-order valence-corrected chi connectivity index (χ4v) is 6.06. The Hall–Kier alpha value is -2.52. The van der Waals surface area contributed by atoms with Crippen LogP contribution < -0.4 is 0 Å². The number of benzene rings is 1. The third-order valence-electron chi connectivity index (χ3n) is 5.45. The van der Waals surface area contributed by atoms with Crippen LogP contribution in [0.25, 0.3) is 11.4 Å². The molecule has 0 saturated carbocycles. The van der Waals surface area contributed by atoms with E-state index in [4.69, 9.17) is 0 Å². The Labute approximate surface area is 157 Å². The Morgan fingerprint density at radius 3 is 2.59 bits per heavy atom. The smallest absolute Gasteiger partial charge is 0.262 e. The van der Waals surface area contributed by atoms with Gasteiger partial charge in [0, 0.05) is 43.9 Å². The van der Waals surface area contributed by atoms with Crippen molar-refractivity contribution in [2.24, 2.45) is 7.05 Å². The Bertz CT molecular complexity index is 1090. The normalized spacial score (nSPS) is 22.6. The van der Waals surface area contributed by atoms with Gasteiger partial charge in [-0.2, -0.15) is 4.31 Å². The van der Waals surface area contributed by atoms with Gasteiger partial charge in [0.2, 0.25) is 0 Å². The third-order valence-corrected chi connectivity index (χ3v) is 7.34. The first-order valence-electron chi connectivity index (χ1n) is 9.03. The summed E-state index contributed by atoms with van der Waals surface area (Å²) >= 11 is 0. The van der Waals surface area contributed by atoms with Crippen LogP contribution in [0.3, 0.4) is 0 Å². The second-order valence-electron chi connectivity index (χ2n) is 7.22. The maximum Gasteiger partial charge on any atom is 0.262 e. The summed E-state index contributed by atoms with van der Waals surface area (Å²) < 4.78 is 31.9. The summed E-state index contributed by atoms with van der Waals surface area (Å²) in [6, 6.07) is 9.70. The molecule has 140 valence electrons. The Kier molecular flexibility index (Phi) is 3.70. The van der Waals surface area contributed by atoms with E-state index >= 15 is 0 Å². The van der Waals surface area contributed by atoms with Gasteiger partial charge in [0.05, 0.1) is 6.33 Å². The molecule has 0 amide bonds. The van der Waals surface area contributed by atoms with E-state index in [1.165, 1.54) is 6.33 Å².